The Balaban J connectivity index is 1.58. The van der Waals surface area contributed by atoms with E-state index >= 15 is 0 Å². The summed E-state index contributed by atoms with van der Waals surface area (Å²) >= 11 is 12.6. The molecule has 8 nitrogen and oxygen atoms in total. The van der Waals surface area contributed by atoms with Crippen LogP contribution in [0.5, 0.6) is 0 Å². The van der Waals surface area contributed by atoms with E-state index in [0.717, 1.165) is 12.0 Å². The highest BCUT2D eigenvalue weighted by molar-refractivity contribution is 6.43. The van der Waals surface area contributed by atoms with Crippen LogP contribution in [0.15, 0.2) is 48.5 Å². The Morgan fingerprint density at radius 3 is 2.64 bits per heavy atom. The van der Waals surface area contributed by atoms with Gasteiger partial charge in [0.25, 0.3) is 5.91 Å². The minimum Gasteiger partial charge on any atom is -0.364 e. The molecule has 2 aromatic heterocycles. The molecule has 0 radical (unpaired) electrons. The zero-order valence-electron chi connectivity index (χ0n) is 17.5. The molecule has 0 bridgehead atoms. The fraction of sp³-hybridized carbons (Fsp3) is 0.217. The van der Waals surface area contributed by atoms with Crippen LogP contribution in [0.2, 0.25) is 10.0 Å². The van der Waals surface area contributed by atoms with Gasteiger partial charge in [-0.15, -0.1) is 0 Å². The minimum atomic E-state index is -0.683. The van der Waals surface area contributed by atoms with E-state index in [2.05, 4.69) is 32.3 Å². The smallest absolute Gasteiger partial charge is 0.268 e. The quantitative estimate of drug-likeness (QED) is 0.407. The van der Waals surface area contributed by atoms with Crippen LogP contribution in [-0.4, -0.2) is 45.2 Å². The predicted molar refractivity (Wildman–Crippen MR) is 130 cm³/mol. The van der Waals surface area contributed by atoms with Crippen LogP contribution in [0.1, 0.15) is 28.4 Å². The third-order valence-corrected chi connectivity index (χ3v) is 6.84. The van der Waals surface area contributed by atoms with Crippen LogP contribution < -0.4 is 16.4 Å². The van der Waals surface area contributed by atoms with E-state index in [0.29, 0.717) is 51.4 Å². The van der Waals surface area contributed by atoms with E-state index in [1.807, 2.05) is 23.1 Å². The molecule has 2 atom stereocenters. The second-order valence-corrected chi connectivity index (χ2v) is 8.83. The molecule has 0 saturated carbocycles. The molecule has 1 aliphatic rings. The number of benzene rings is 2. The normalized spacial score (nSPS) is 18.6. The number of amides is 1. The molecule has 0 spiro atoms. The van der Waals surface area contributed by atoms with E-state index < -0.39 is 5.91 Å². The number of anilines is 1. The summed E-state index contributed by atoms with van der Waals surface area (Å²) in [6.07, 6.45) is 0.763. The van der Waals surface area contributed by atoms with Crippen molar-refractivity contribution in [3.05, 3.63) is 69.8 Å². The fourth-order valence-electron chi connectivity index (χ4n) is 4.32. The van der Waals surface area contributed by atoms with Crippen molar-refractivity contribution in [2.45, 2.75) is 18.4 Å². The third kappa shape index (κ3) is 3.90. The van der Waals surface area contributed by atoms with Gasteiger partial charge in [0.1, 0.15) is 11.4 Å². The van der Waals surface area contributed by atoms with Gasteiger partial charge in [-0.3, -0.25) is 9.89 Å². The van der Waals surface area contributed by atoms with Gasteiger partial charge in [-0.25, -0.2) is 4.98 Å². The van der Waals surface area contributed by atoms with Crippen LogP contribution in [0.25, 0.3) is 22.3 Å². The molecule has 168 valence electrons. The maximum Gasteiger partial charge on any atom is 0.268 e. The number of fused-ring (bicyclic) bond motifs is 1. The second-order valence-electron chi connectivity index (χ2n) is 8.05. The van der Waals surface area contributed by atoms with Gasteiger partial charge in [-0.05, 0) is 18.1 Å². The first-order chi connectivity index (χ1) is 15.9. The van der Waals surface area contributed by atoms with E-state index in [1.54, 1.807) is 18.2 Å². The molecule has 1 fully saturated rings. The number of hydrogen-bond acceptors (Lipinski definition) is 6. The Kier molecular flexibility index (Phi) is 5.65. The number of halogens is 2. The van der Waals surface area contributed by atoms with E-state index in [-0.39, 0.29) is 17.7 Å². The maximum atomic E-state index is 12.4. The number of hydrogen-bond donors (Lipinski definition) is 3. The molecule has 1 aliphatic heterocycles. The number of H-pyrrole nitrogens is 1. The largest absolute Gasteiger partial charge is 0.364 e. The topological polar surface area (TPSA) is 127 Å². The van der Waals surface area contributed by atoms with E-state index in [1.165, 1.54) is 0 Å². The molecule has 33 heavy (non-hydrogen) atoms. The van der Waals surface area contributed by atoms with Gasteiger partial charge >= 0.3 is 0 Å². The van der Waals surface area contributed by atoms with Crippen LogP contribution >= 0.6 is 23.2 Å². The summed E-state index contributed by atoms with van der Waals surface area (Å²) in [5.41, 5.74) is 14.8. The number of aromatic amines is 1. The number of carbonyl (C=O) groups excluding carboxylic acids is 1. The molecule has 10 heteroatoms. The van der Waals surface area contributed by atoms with Crippen LogP contribution in [0.3, 0.4) is 0 Å². The van der Waals surface area contributed by atoms with Gasteiger partial charge in [-0.2, -0.15) is 10.1 Å². The lowest BCUT2D eigenvalue weighted by molar-refractivity contribution is 0.0997. The van der Waals surface area contributed by atoms with Gasteiger partial charge in [0.15, 0.2) is 5.65 Å². The Morgan fingerprint density at radius 1 is 1.09 bits per heavy atom. The summed E-state index contributed by atoms with van der Waals surface area (Å²) in [7, 11) is 0. The Bertz CT molecular complexity index is 1340. The van der Waals surface area contributed by atoms with Crippen LogP contribution in [-0.2, 0) is 0 Å². The van der Waals surface area contributed by atoms with Crippen molar-refractivity contribution >= 4 is 46.1 Å². The summed E-state index contributed by atoms with van der Waals surface area (Å²) in [6.45, 7) is 1.28. The highest BCUT2D eigenvalue weighted by atomic mass is 35.5. The van der Waals surface area contributed by atoms with E-state index in [9.17, 15) is 4.79 Å². The summed E-state index contributed by atoms with van der Waals surface area (Å²) < 4.78 is 0. The first kappa shape index (κ1) is 21.6. The molecule has 3 heterocycles. The van der Waals surface area contributed by atoms with Crippen molar-refractivity contribution in [2.75, 3.05) is 18.0 Å². The van der Waals surface area contributed by atoms with Gasteiger partial charge in [-0.1, -0.05) is 65.7 Å². The molecule has 5 N–H and O–H groups in total. The highest BCUT2D eigenvalue weighted by Gasteiger charge is 2.31. The first-order valence-corrected chi connectivity index (χ1v) is 11.3. The third-order valence-electron chi connectivity index (χ3n) is 6.02. The summed E-state index contributed by atoms with van der Waals surface area (Å²) in [4.78, 5) is 23.7. The van der Waals surface area contributed by atoms with Gasteiger partial charge in [0.05, 0.1) is 15.4 Å². The molecule has 1 amide bonds. The molecule has 1 saturated heterocycles. The number of carbonyl (C=O) groups is 1. The molecule has 4 aromatic rings. The summed E-state index contributed by atoms with van der Waals surface area (Å²) in [5.74, 6) is -0.173. The number of aromatic nitrogens is 4. The Morgan fingerprint density at radius 2 is 1.88 bits per heavy atom. The van der Waals surface area contributed by atoms with Crippen molar-refractivity contribution in [1.82, 2.24) is 20.2 Å². The zero-order chi connectivity index (χ0) is 23.1. The molecular weight excluding hydrogens is 461 g/mol. The Labute approximate surface area is 199 Å². The van der Waals surface area contributed by atoms with E-state index in [4.69, 9.17) is 34.7 Å². The highest BCUT2D eigenvalue weighted by Crippen LogP contribution is 2.37. The number of primary amides is 1. The summed E-state index contributed by atoms with van der Waals surface area (Å²) in [6, 6.07) is 15.3. The molecule has 2 aromatic carbocycles. The SMILES string of the molecule is NC(=O)c1nc(N2CCC(N)C(c3ccccc3)C2)nc2[nH]nc(-c3cccc(Cl)c3Cl)c12. The minimum absolute atomic E-state index is 0.0201. The van der Waals surface area contributed by atoms with Crippen molar-refractivity contribution in [3.8, 4) is 11.3 Å². The lowest BCUT2D eigenvalue weighted by atomic mass is 9.87. The molecule has 5 rings (SSSR count). The zero-order valence-corrected chi connectivity index (χ0v) is 19.0. The van der Waals surface area contributed by atoms with Crippen LogP contribution in [0, 0.1) is 0 Å². The van der Waals surface area contributed by atoms with Crippen molar-refractivity contribution < 1.29 is 4.79 Å². The maximum absolute atomic E-state index is 12.4. The fourth-order valence-corrected chi connectivity index (χ4v) is 4.71. The molecule has 2 unspecified atom stereocenters. The Hall–Kier alpha value is -3.20. The monoisotopic (exact) mass is 481 g/mol. The average Bonchev–Trinajstić information content (AvgIpc) is 3.25. The van der Waals surface area contributed by atoms with Crippen molar-refractivity contribution in [2.24, 2.45) is 11.5 Å². The van der Waals surface area contributed by atoms with Gasteiger partial charge in [0, 0.05) is 30.6 Å². The summed E-state index contributed by atoms with van der Waals surface area (Å²) in [5, 5.41) is 8.36. The number of nitrogens with zero attached hydrogens (tertiary/aromatic N) is 4. The molecule has 0 aliphatic carbocycles. The number of rotatable bonds is 4. The first-order valence-electron chi connectivity index (χ1n) is 10.5. The number of nitrogens with one attached hydrogen (secondary N) is 1. The lowest BCUT2D eigenvalue weighted by Crippen LogP contribution is -2.46. The second kappa shape index (κ2) is 8.62. The van der Waals surface area contributed by atoms with Crippen LogP contribution in [0.4, 0.5) is 5.95 Å². The van der Waals surface area contributed by atoms with Gasteiger partial charge in [0.2, 0.25) is 5.95 Å². The number of piperidine rings is 1. The number of nitrogens with two attached hydrogens (primary N) is 2. The lowest BCUT2D eigenvalue weighted by Gasteiger charge is -2.37. The van der Waals surface area contributed by atoms with Crippen molar-refractivity contribution in [3.63, 3.8) is 0 Å². The standard InChI is InChI=1S/C23H21Cl2N7O/c24-15-8-4-7-13(18(15)25)19-17-20(21(27)33)28-23(29-22(17)31-30-19)32-10-9-16(26)14(11-32)12-5-2-1-3-6-12/h1-8,14,16H,9-11,26H2,(H2,27,33)(H,28,29,30,31). The predicted octanol–water partition coefficient (Wildman–Crippen LogP) is 3.75. The molecular formula is C23H21Cl2N7O. The van der Waals surface area contributed by atoms with Gasteiger partial charge < -0.3 is 16.4 Å². The van der Waals surface area contributed by atoms with Crippen molar-refractivity contribution in [1.29, 1.82) is 0 Å². The average molecular weight is 482 g/mol.